The molecule has 0 atom stereocenters. The molecule has 3 heterocycles. The van der Waals surface area contributed by atoms with Crippen molar-refractivity contribution in [2.45, 2.75) is 19.3 Å². The van der Waals surface area contributed by atoms with E-state index in [-0.39, 0.29) is 11.8 Å². The lowest BCUT2D eigenvalue weighted by atomic mass is 10.0. The molecule has 3 aromatic heterocycles. The summed E-state index contributed by atoms with van der Waals surface area (Å²) in [6, 6.07) is 3.36. The molecule has 3 aromatic rings. The van der Waals surface area contributed by atoms with Crippen molar-refractivity contribution in [1.82, 2.24) is 19.9 Å². The molecule has 0 radical (unpaired) electrons. The van der Waals surface area contributed by atoms with Crippen LogP contribution in [0.4, 0.5) is 5.69 Å². The van der Waals surface area contributed by atoms with E-state index in [1.807, 2.05) is 6.20 Å². The first-order valence-electron chi connectivity index (χ1n) is 8.61. The number of aryl methyl sites for hydroxylation is 2. The summed E-state index contributed by atoms with van der Waals surface area (Å²) >= 11 is 0. The summed E-state index contributed by atoms with van der Waals surface area (Å²) in [4.78, 5) is 29.0. The summed E-state index contributed by atoms with van der Waals surface area (Å²) in [6.45, 7) is 0. The van der Waals surface area contributed by atoms with Gasteiger partial charge in [0.05, 0.1) is 25.5 Å². The number of amides is 1. The molecular weight excluding hydrogens is 346 g/mol. The van der Waals surface area contributed by atoms with E-state index in [9.17, 15) is 4.79 Å². The van der Waals surface area contributed by atoms with E-state index in [2.05, 4.69) is 25.3 Å². The Morgan fingerprint density at radius 3 is 2.93 bits per heavy atom. The highest BCUT2D eigenvalue weighted by molar-refractivity contribution is 6.09. The first-order valence-corrected chi connectivity index (χ1v) is 8.61. The molecular formula is C19H19N5O3. The number of H-pyrrole nitrogens is 1. The highest BCUT2D eigenvalue weighted by atomic mass is 16.5. The second-order valence-corrected chi connectivity index (χ2v) is 6.17. The number of carbonyl (C=O) groups is 1. The number of pyridine rings is 1. The van der Waals surface area contributed by atoms with Crippen LogP contribution in [0.15, 0.2) is 30.9 Å². The van der Waals surface area contributed by atoms with Crippen molar-refractivity contribution in [3.63, 3.8) is 0 Å². The number of carbonyl (C=O) groups excluding carboxylic acids is 1. The highest BCUT2D eigenvalue weighted by Gasteiger charge is 2.25. The van der Waals surface area contributed by atoms with Gasteiger partial charge in [0.2, 0.25) is 11.8 Å². The average Bonchev–Trinajstić information content (AvgIpc) is 3.04. The Balaban J connectivity index is 1.71. The van der Waals surface area contributed by atoms with Crippen LogP contribution in [0.3, 0.4) is 0 Å². The van der Waals surface area contributed by atoms with Crippen LogP contribution in [0.2, 0.25) is 0 Å². The number of nitrogens with one attached hydrogen (secondary N) is 2. The van der Waals surface area contributed by atoms with Crippen LogP contribution in [-0.4, -0.2) is 40.1 Å². The summed E-state index contributed by atoms with van der Waals surface area (Å²) < 4.78 is 10.4. The van der Waals surface area contributed by atoms with Gasteiger partial charge in [-0.1, -0.05) is 0 Å². The third kappa shape index (κ3) is 3.10. The lowest BCUT2D eigenvalue weighted by Gasteiger charge is -2.11. The SMILES string of the molecule is COc1ccc(NC(=O)c2c[nH]c3c2-c2ncncc2CCC3)c(OC)n1. The highest BCUT2D eigenvalue weighted by Crippen LogP contribution is 2.34. The first kappa shape index (κ1) is 17.0. The quantitative estimate of drug-likeness (QED) is 0.737. The van der Waals surface area contributed by atoms with Gasteiger partial charge in [-0.3, -0.25) is 4.79 Å². The molecule has 0 saturated carbocycles. The number of fused-ring (bicyclic) bond motifs is 3. The molecule has 0 fully saturated rings. The van der Waals surface area contributed by atoms with Crippen molar-refractivity contribution in [3.8, 4) is 23.0 Å². The number of methoxy groups -OCH3 is 2. The van der Waals surface area contributed by atoms with Crippen molar-refractivity contribution >= 4 is 11.6 Å². The van der Waals surface area contributed by atoms with Gasteiger partial charge in [0, 0.05) is 29.7 Å². The van der Waals surface area contributed by atoms with E-state index in [0.717, 1.165) is 41.8 Å². The number of nitrogens with zero attached hydrogens (tertiary/aromatic N) is 3. The number of ether oxygens (including phenoxy) is 2. The Morgan fingerprint density at radius 2 is 2.11 bits per heavy atom. The van der Waals surface area contributed by atoms with Gasteiger partial charge in [0.1, 0.15) is 12.0 Å². The second kappa shape index (κ2) is 7.06. The predicted octanol–water partition coefficient (Wildman–Crippen LogP) is 2.62. The number of hydrogen-bond donors (Lipinski definition) is 2. The van der Waals surface area contributed by atoms with Crippen LogP contribution in [-0.2, 0) is 12.8 Å². The normalized spacial score (nSPS) is 12.5. The standard InChI is InChI=1S/C19H19N5O3/c1-26-15-7-6-14(19(24-15)27-2)23-18(25)12-9-21-13-5-3-4-11-8-20-10-22-17(11)16(12)13/h6-10,21H,3-5H2,1-2H3,(H,23,25). The van der Waals surface area contributed by atoms with Crippen LogP contribution in [0, 0.1) is 0 Å². The maximum Gasteiger partial charge on any atom is 0.258 e. The monoisotopic (exact) mass is 365 g/mol. The zero-order chi connectivity index (χ0) is 18.8. The zero-order valence-electron chi connectivity index (χ0n) is 15.1. The minimum Gasteiger partial charge on any atom is -0.481 e. The van der Waals surface area contributed by atoms with Crippen molar-refractivity contribution < 1.29 is 14.3 Å². The van der Waals surface area contributed by atoms with E-state index in [4.69, 9.17) is 9.47 Å². The van der Waals surface area contributed by atoms with Gasteiger partial charge in [-0.15, -0.1) is 0 Å². The summed E-state index contributed by atoms with van der Waals surface area (Å²) in [5.74, 6) is 0.433. The fraction of sp³-hybridized carbons (Fsp3) is 0.263. The molecule has 2 N–H and O–H groups in total. The largest absolute Gasteiger partial charge is 0.481 e. The van der Waals surface area contributed by atoms with Gasteiger partial charge in [-0.05, 0) is 30.9 Å². The number of aromatic amines is 1. The summed E-state index contributed by atoms with van der Waals surface area (Å²) in [7, 11) is 3.02. The third-order valence-electron chi connectivity index (χ3n) is 4.59. The molecule has 0 saturated heterocycles. The summed E-state index contributed by atoms with van der Waals surface area (Å²) in [6.07, 6.45) is 7.77. The van der Waals surface area contributed by atoms with Crippen LogP contribution >= 0.6 is 0 Å². The minimum absolute atomic E-state index is 0.260. The lowest BCUT2D eigenvalue weighted by Crippen LogP contribution is -2.14. The van der Waals surface area contributed by atoms with E-state index in [1.54, 1.807) is 18.3 Å². The second-order valence-electron chi connectivity index (χ2n) is 6.17. The molecule has 8 nitrogen and oxygen atoms in total. The van der Waals surface area contributed by atoms with Gasteiger partial charge in [-0.2, -0.15) is 4.98 Å². The van der Waals surface area contributed by atoms with Gasteiger partial charge in [0.15, 0.2) is 0 Å². The van der Waals surface area contributed by atoms with Gasteiger partial charge >= 0.3 is 0 Å². The Hall–Kier alpha value is -3.42. The molecule has 1 amide bonds. The Kier molecular flexibility index (Phi) is 4.45. The van der Waals surface area contributed by atoms with Crippen LogP contribution in [0.1, 0.15) is 28.0 Å². The number of rotatable bonds is 4. The Bertz CT molecular complexity index is 999. The maximum absolute atomic E-state index is 13.0. The van der Waals surface area contributed by atoms with E-state index in [1.165, 1.54) is 20.5 Å². The summed E-state index contributed by atoms with van der Waals surface area (Å²) in [5.41, 5.74) is 4.71. The Morgan fingerprint density at radius 1 is 1.22 bits per heavy atom. The van der Waals surface area contributed by atoms with Crippen molar-refractivity contribution in [2.75, 3.05) is 19.5 Å². The smallest absolute Gasteiger partial charge is 0.258 e. The first-order chi connectivity index (χ1) is 13.2. The molecule has 138 valence electrons. The van der Waals surface area contributed by atoms with E-state index in [0.29, 0.717) is 17.1 Å². The lowest BCUT2D eigenvalue weighted by molar-refractivity contribution is 0.102. The molecule has 1 aliphatic carbocycles. The molecule has 0 aromatic carbocycles. The molecule has 0 spiro atoms. The molecule has 0 aliphatic heterocycles. The van der Waals surface area contributed by atoms with Crippen LogP contribution in [0.5, 0.6) is 11.8 Å². The van der Waals surface area contributed by atoms with Crippen LogP contribution in [0.25, 0.3) is 11.3 Å². The molecule has 0 bridgehead atoms. The number of anilines is 1. The van der Waals surface area contributed by atoms with Crippen molar-refractivity contribution in [3.05, 3.63) is 47.7 Å². The van der Waals surface area contributed by atoms with E-state index < -0.39 is 0 Å². The Labute approximate surface area is 156 Å². The van der Waals surface area contributed by atoms with Crippen LogP contribution < -0.4 is 14.8 Å². The molecule has 4 rings (SSSR count). The molecule has 8 heteroatoms. The van der Waals surface area contributed by atoms with Crippen molar-refractivity contribution in [1.29, 1.82) is 0 Å². The molecule has 27 heavy (non-hydrogen) atoms. The third-order valence-corrected chi connectivity index (χ3v) is 4.59. The maximum atomic E-state index is 13.0. The molecule has 1 aliphatic rings. The zero-order valence-corrected chi connectivity index (χ0v) is 15.1. The predicted molar refractivity (Wildman–Crippen MR) is 99.1 cm³/mol. The van der Waals surface area contributed by atoms with Gasteiger partial charge in [-0.25, -0.2) is 9.97 Å². The topological polar surface area (TPSA) is 102 Å². The molecule has 0 unspecified atom stereocenters. The number of hydrogen-bond acceptors (Lipinski definition) is 6. The van der Waals surface area contributed by atoms with E-state index >= 15 is 0 Å². The summed E-state index contributed by atoms with van der Waals surface area (Å²) in [5, 5.41) is 2.87. The van der Waals surface area contributed by atoms with Crippen molar-refractivity contribution in [2.24, 2.45) is 0 Å². The van der Waals surface area contributed by atoms with Gasteiger partial charge < -0.3 is 19.8 Å². The number of aromatic nitrogens is 4. The fourth-order valence-corrected chi connectivity index (χ4v) is 3.31. The minimum atomic E-state index is -0.260. The average molecular weight is 365 g/mol. The fourth-order valence-electron chi connectivity index (χ4n) is 3.31. The van der Waals surface area contributed by atoms with Gasteiger partial charge in [0.25, 0.3) is 5.91 Å².